The van der Waals surface area contributed by atoms with Crippen LogP contribution < -0.4 is 5.32 Å². The number of nitriles is 1. The highest BCUT2D eigenvalue weighted by atomic mass is 79.9. The van der Waals surface area contributed by atoms with Gasteiger partial charge in [0.25, 0.3) is 5.91 Å². The molecule has 8 heteroatoms. The third-order valence-corrected chi connectivity index (χ3v) is 3.62. The third kappa shape index (κ3) is 4.58. The Balaban J connectivity index is 1.80. The minimum Gasteiger partial charge on any atom is -0.452 e. The number of esters is 1. The fourth-order valence-electron chi connectivity index (χ4n) is 1.41. The van der Waals surface area contributed by atoms with E-state index in [1.54, 1.807) is 23.6 Å². The quantitative estimate of drug-likeness (QED) is 0.635. The van der Waals surface area contributed by atoms with Crippen LogP contribution in [0.1, 0.15) is 11.3 Å². The maximum Gasteiger partial charge on any atom is 0.331 e. The fraction of sp³-hybridized carbons (Fsp3) is 0.0714. The lowest BCUT2D eigenvalue weighted by atomic mass is 10.3. The summed E-state index contributed by atoms with van der Waals surface area (Å²) in [5.74, 6) is -0.707. The first-order chi connectivity index (χ1) is 10.6. The molecule has 22 heavy (non-hydrogen) atoms. The number of hydrogen-bond acceptors (Lipinski definition) is 6. The molecule has 2 rings (SSSR count). The zero-order valence-corrected chi connectivity index (χ0v) is 13.4. The van der Waals surface area contributed by atoms with Gasteiger partial charge in [-0.2, -0.15) is 5.26 Å². The molecule has 0 atom stereocenters. The van der Waals surface area contributed by atoms with Gasteiger partial charge < -0.3 is 14.5 Å². The molecule has 1 N–H and O–H groups in total. The maximum atomic E-state index is 11.6. The van der Waals surface area contributed by atoms with E-state index >= 15 is 0 Å². The molecule has 0 fully saturated rings. The summed E-state index contributed by atoms with van der Waals surface area (Å²) >= 11 is 4.36. The van der Waals surface area contributed by atoms with Crippen LogP contribution in [0.2, 0.25) is 0 Å². The van der Waals surface area contributed by atoms with Crippen molar-refractivity contribution in [3.8, 4) is 6.07 Å². The van der Waals surface area contributed by atoms with Gasteiger partial charge in [-0.15, -0.1) is 11.3 Å². The predicted molar refractivity (Wildman–Crippen MR) is 84.1 cm³/mol. The van der Waals surface area contributed by atoms with E-state index in [1.807, 2.05) is 6.07 Å². The Bertz CT molecular complexity index is 757. The summed E-state index contributed by atoms with van der Waals surface area (Å²) in [6, 6.07) is 6.90. The number of thiophene rings is 1. The highest BCUT2D eigenvalue weighted by Crippen LogP contribution is 2.21. The van der Waals surface area contributed by atoms with E-state index in [4.69, 9.17) is 14.4 Å². The molecule has 0 radical (unpaired) electrons. The molecule has 1 amide bonds. The number of nitrogens with one attached hydrogen (secondary N) is 1. The van der Waals surface area contributed by atoms with Gasteiger partial charge in [0.2, 0.25) is 0 Å². The first-order valence-electron chi connectivity index (χ1n) is 5.96. The van der Waals surface area contributed by atoms with Crippen LogP contribution in [0.15, 0.2) is 38.7 Å². The SMILES string of the molecule is N#Cc1ccsc1NC(=O)COC(=O)C=Cc1ccc(Br)o1. The van der Waals surface area contributed by atoms with E-state index in [1.165, 1.54) is 17.4 Å². The van der Waals surface area contributed by atoms with Gasteiger partial charge >= 0.3 is 5.97 Å². The van der Waals surface area contributed by atoms with Crippen LogP contribution >= 0.6 is 27.3 Å². The van der Waals surface area contributed by atoms with E-state index in [0.717, 1.165) is 6.08 Å². The van der Waals surface area contributed by atoms with Crippen LogP contribution in [-0.2, 0) is 14.3 Å². The third-order valence-electron chi connectivity index (χ3n) is 2.36. The monoisotopic (exact) mass is 380 g/mol. The maximum absolute atomic E-state index is 11.6. The predicted octanol–water partition coefficient (Wildman–Crippen LogP) is 3.17. The van der Waals surface area contributed by atoms with E-state index < -0.39 is 18.5 Å². The topological polar surface area (TPSA) is 92.3 Å². The standard InChI is InChI=1S/C14H9BrN2O4S/c15-11-3-1-10(21-11)2-4-13(19)20-8-12(18)17-14-9(7-16)5-6-22-14/h1-6H,8H2,(H,17,18). The number of ether oxygens (including phenoxy) is 1. The number of hydrogen-bond donors (Lipinski definition) is 1. The Morgan fingerprint density at radius 3 is 2.95 bits per heavy atom. The zero-order valence-electron chi connectivity index (χ0n) is 11.0. The molecular weight excluding hydrogens is 372 g/mol. The van der Waals surface area contributed by atoms with Gasteiger partial charge in [-0.05, 0) is 45.6 Å². The number of halogens is 1. The second-order valence-corrected chi connectivity index (χ2v) is 5.60. The van der Waals surface area contributed by atoms with Crippen molar-refractivity contribution in [3.05, 3.63) is 45.6 Å². The summed E-state index contributed by atoms with van der Waals surface area (Å²) in [5, 5.41) is 13.4. The van der Waals surface area contributed by atoms with Crippen LogP contribution in [0.4, 0.5) is 5.00 Å². The van der Waals surface area contributed by atoms with Crippen molar-refractivity contribution in [1.82, 2.24) is 0 Å². The molecule has 0 saturated heterocycles. The Hall–Kier alpha value is -2.37. The van der Waals surface area contributed by atoms with Crippen LogP contribution in [0.3, 0.4) is 0 Å². The Kier molecular flexibility index (Phi) is 5.52. The van der Waals surface area contributed by atoms with Gasteiger partial charge in [-0.1, -0.05) is 0 Å². The molecule has 0 saturated carbocycles. The number of amides is 1. The molecule has 2 aromatic heterocycles. The molecule has 0 aliphatic heterocycles. The minimum absolute atomic E-state index is 0.368. The van der Waals surface area contributed by atoms with Crippen molar-refractivity contribution < 1.29 is 18.7 Å². The van der Waals surface area contributed by atoms with Gasteiger partial charge in [0.1, 0.15) is 16.8 Å². The van der Waals surface area contributed by atoms with Crippen molar-refractivity contribution in [2.75, 3.05) is 11.9 Å². The highest BCUT2D eigenvalue weighted by Gasteiger charge is 2.10. The lowest BCUT2D eigenvalue weighted by Crippen LogP contribution is -2.19. The Morgan fingerprint density at radius 2 is 2.27 bits per heavy atom. The van der Waals surface area contributed by atoms with E-state index in [2.05, 4.69) is 21.2 Å². The molecule has 0 spiro atoms. The first kappa shape index (κ1) is 16.0. The van der Waals surface area contributed by atoms with Crippen molar-refractivity contribution in [2.24, 2.45) is 0 Å². The van der Waals surface area contributed by atoms with Crippen LogP contribution in [0, 0.1) is 11.3 Å². The number of carbonyl (C=O) groups excluding carboxylic acids is 2. The number of furan rings is 1. The molecule has 0 aliphatic rings. The molecular formula is C14H9BrN2O4S. The van der Waals surface area contributed by atoms with Crippen molar-refractivity contribution in [2.45, 2.75) is 0 Å². The molecule has 112 valence electrons. The largest absolute Gasteiger partial charge is 0.452 e. The van der Waals surface area contributed by atoms with Gasteiger partial charge in [0.05, 0.1) is 5.56 Å². The Morgan fingerprint density at radius 1 is 1.45 bits per heavy atom. The van der Waals surface area contributed by atoms with Gasteiger partial charge in [0.15, 0.2) is 11.3 Å². The fourth-order valence-corrected chi connectivity index (χ4v) is 2.48. The number of rotatable bonds is 5. The Labute approximate surface area is 138 Å². The van der Waals surface area contributed by atoms with Gasteiger partial charge in [-0.25, -0.2) is 4.79 Å². The minimum atomic E-state index is -0.672. The van der Waals surface area contributed by atoms with Gasteiger partial charge in [-0.3, -0.25) is 4.79 Å². The number of carbonyl (C=O) groups is 2. The van der Waals surface area contributed by atoms with Crippen LogP contribution in [0.25, 0.3) is 6.08 Å². The molecule has 6 nitrogen and oxygen atoms in total. The smallest absolute Gasteiger partial charge is 0.331 e. The number of anilines is 1. The zero-order chi connectivity index (χ0) is 15.9. The average Bonchev–Trinajstić information content (AvgIpc) is 3.11. The summed E-state index contributed by atoms with van der Waals surface area (Å²) in [7, 11) is 0. The molecule has 0 aliphatic carbocycles. The summed E-state index contributed by atoms with van der Waals surface area (Å²) in [6.45, 7) is -0.437. The summed E-state index contributed by atoms with van der Waals surface area (Å²) in [4.78, 5) is 23.1. The second kappa shape index (κ2) is 7.59. The van der Waals surface area contributed by atoms with E-state index in [9.17, 15) is 9.59 Å². The van der Waals surface area contributed by atoms with Crippen LogP contribution in [-0.4, -0.2) is 18.5 Å². The lowest BCUT2D eigenvalue weighted by Gasteiger charge is -2.03. The highest BCUT2D eigenvalue weighted by molar-refractivity contribution is 9.10. The lowest BCUT2D eigenvalue weighted by molar-refractivity contribution is -0.142. The van der Waals surface area contributed by atoms with E-state index in [0.29, 0.717) is 21.0 Å². The molecule has 2 heterocycles. The summed E-state index contributed by atoms with van der Waals surface area (Å²) in [6.07, 6.45) is 2.59. The first-order valence-corrected chi connectivity index (χ1v) is 7.63. The van der Waals surface area contributed by atoms with Crippen LogP contribution in [0.5, 0.6) is 0 Å². The normalized spacial score (nSPS) is 10.4. The summed E-state index contributed by atoms with van der Waals surface area (Å²) in [5.41, 5.74) is 0.368. The van der Waals surface area contributed by atoms with Gasteiger partial charge in [0, 0.05) is 6.08 Å². The molecule has 0 bridgehead atoms. The number of nitrogens with zero attached hydrogens (tertiary/aromatic N) is 1. The van der Waals surface area contributed by atoms with E-state index in [-0.39, 0.29) is 0 Å². The molecule has 0 unspecified atom stereocenters. The summed E-state index contributed by atoms with van der Waals surface area (Å²) < 4.78 is 10.5. The molecule has 2 aromatic rings. The van der Waals surface area contributed by atoms with Crippen molar-refractivity contribution in [3.63, 3.8) is 0 Å². The second-order valence-electron chi connectivity index (χ2n) is 3.91. The molecule has 0 aromatic carbocycles. The van der Waals surface area contributed by atoms with Crippen molar-refractivity contribution in [1.29, 1.82) is 5.26 Å². The average molecular weight is 381 g/mol. The van der Waals surface area contributed by atoms with Crippen molar-refractivity contribution >= 4 is 50.2 Å².